The maximum atomic E-state index is 11.1. The number of carbonyl (C=O) groups excluding carboxylic acids is 1. The zero-order valence-corrected chi connectivity index (χ0v) is 13.4. The van der Waals surface area contributed by atoms with Crippen molar-refractivity contribution in [2.75, 3.05) is 26.2 Å². The van der Waals surface area contributed by atoms with Crippen LogP contribution in [-0.4, -0.2) is 48.3 Å². The summed E-state index contributed by atoms with van der Waals surface area (Å²) in [5.74, 6) is 0.593. The number of β-amino-alcohol motifs (C(OH)–C–C–N with tert-alkyl or cyclic N) is 1. The number of hydrogen-bond acceptors (Lipinski definition) is 4. The van der Waals surface area contributed by atoms with E-state index in [1.807, 2.05) is 26.0 Å². The third-order valence-electron chi connectivity index (χ3n) is 4.22. The number of benzene rings is 1. The summed E-state index contributed by atoms with van der Waals surface area (Å²) in [6, 6.07) is 6.01. The van der Waals surface area contributed by atoms with Gasteiger partial charge >= 0.3 is 0 Å². The van der Waals surface area contributed by atoms with Gasteiger partial charge < -0.3 is 20.5 Å². The van der Waals surface area contributed by atoms with Gasteiger partial charge in [0.25, 0.3) is 0 Å². The fraction of sp³-hybridized carbons (Fsp3) is 0.588. The van der Waals surface area contributed by atoms with Crippen molar-refractivity contribution in [2.24, 2.45) is 11.7 Å². The van der Waals surface area contributed by atoms with Gasteiger partial charge in [-0.2, -0.15) is 0 Å². The van der Waals surface area contributed by atoms with Crippen LogP contribution in [0, 0.1) is 19.8 Å². The highest BCUT2D eigenvalue weighted by molar-refractivity contribution is 5.76. The van der Waals surface area contributed by atoms with Gasteiger partial charge in [-0.3, -0.25) is 4.79 Å². The Kier molecular flexibility index (Phi) is 5.80. The molecule has 0 spiro atoms. The summed E-state index contributed by atoms with van der Waals surface area (Å²) < 4.78 is 5.70. The minimum atomic E-state index is -0.536. The van der Waals surface area contributed by atoms with E-state index in [4.69, 9.17) is 10.5 Å². The van der Waals surface area contributed by atoms with Gasteiger partial charge in [-0.1, -0.05) is 17.7 Å². The minimum absolute atomic E-state index is 0.0140. The third-order valence-corrected chi connectivity index (χ3v) is 4.22. The lowest BCUT2D eigenvalue weighted by atomic mass is 9.96. The Balaban J connectivity index is 1.74. The number of nitrogens with zero attached hydrogens (tertiary/aromatic N) is 1. The van der Waals surface area contributed by atoms with Gasteiger partial charge in [-0.15, -0.1) is 0 Å². The van der Waals surface area contributed by atoms with Crippen LogP contribution in [0.5, 0.6) is 5.75 Å². The number of nitrogens with two attached hydrogens (primary N) is 1. The molecule has 0 bridgehead atoms. The average Bonchev–Trinajstić information content (AvgIpc) is 2.47. The Morgan fingerprint density at radius 2 is 2.09 bits per heavy atom. The van der Waals surface area contributed by atoms with Crippen molar-refractivity contribution in [3.8, 4) is 5.75 Å². The van der Waals surface area contributed by atoms with Gasteiger partial charge in [0.2, 0.25) is 5.91 Å². The molecule has 5 nitrogen and oxygen atoms in total. The van der Waals surface area contributed by atoms with Crippen LogP contribution in [-0.2, 0) is 4.79 Å². The highest BCUT2D eigenvalue weighted by atomic mass is 16.5. The van der Waals surface area contributed by atoms with Crippen LogP contribution in [0.15, 0.2) is 18.2 Å². The van der Waals surface area contributed by atoms with Crippen molar-refractivity contribution in [1.29, 1.82) is 0 Å². The predicted octanol–water partition coefficient (Wildman–Crippen LogP) is 1.24. The van der Waals surface area contributed by atoms with E-state index in [2.05, 4.69) is 11.0 Å². The van der Waals surface area contributed by atoms with E-state index in [0.29, 0.717) is 6.54 Å². The Morgan fingerprint density at radius 3 is 2.68 bits per heavy atom. The molecule has 1 amide bonds. The fourth-order valence-corrected chi connectivity index (χ4v) is 2.90. The SMILES string of the molecule is Cc1ccc(OC[C@@H](O)CN2CCC(C(N)=O)CC2)c(C)c1. The van der Waals surface area contributed by atoms with Crippen LogP contribution in [0.3, 0.4) is 0 Å². The van der Waals surface area contributed by atoms with E-state index in [0.717, 1.165) is 37.2 Å². The summed E-state index contributed by atoms with van der Waals surface area (Å²) in [6.45, 7) is 6.49. The van der Waals surface area contributed by atoms with Gasteiger partial charge in [0.15, 0.2) is 0 Å². The summed E-state index contributed by atoms with van der Waals surface area (Å²) in [6.07, 6.45) is 1.02. The fourth-order valence-electron chi connectivity index (χ4n) is 2.90. The Labute approximate surface area is 132 Å². The number of amides is 1. The maximum absolute atomic E-state index is 11.1. The number of likely N-dealkylation sites (tertiary alicyclic amines) is 1. The minimum Gasteiger partial charge on any atom is -0.491 e. The van der Waals surface area contributed by atoms with Gasteiger partial charge in [0, 0.05) is 12.5 Å². The number of hydrogen-bond donors (Lipinski definition) is 2. The van der Waals surface area contributed by atoms with Crippen molar-refractivity contribution in [3.63, 3.8) is 0 Å². The van der Waals surface area contributed by atoms with Crippen molar-refractivity contribution >= 4 is 5.91 Å². The van der Waals surface area contributed by atoms with E-state index in [1.165, 1.54) is 5.56 Å². The van der Waals surface area contributed by atoms with Gasteiger partial charge in [-0.05, 0) is 51.4 Å². The first-order valence-corrected chi connectivity index (χ1v) is 7.85. The standard InChI is InChI=1S/C17H26N2O3/c1-12-3-4-16(13(2)9-12)22-11-15(20)10-19-7-5-14(6-8-19)17(18)21/h3-4,9,14-15,20H,5-8,10-11H2,1-2H3,(H2,18,21)/t15-/m0/s1. The molecule has 5 heteroatoms. The lowest BCUT2D eigenvalue weighted by molar-refractivity contribution is -0.123. The van der Waals surface area contributed by atoms with Crippen LogP contribution in [0.25, 0.3) is 0 Å². The number of ether oxygens (including phenoxy) is 1. The first kappa shape index (κ1) is 16.8. The van der Waals surface area contributed by atoms with E-state index in [-0.39, 0.29) is 18.4 Å². The third kappa shape index (κ3) is 4.71. The van der Waals surface area contributed by atoms with E-state index in [1.54, 1.807) is 0 Å². The zero-order valence-electron chi connectivity index (χ0n) is 13.4. The largest absolute Gasteiger partial charge is 0.491 e. The van der Waals surface area contributed by atoms with Crippen molar-refractivity contribution in [2.45, 2.75) is 32.8 Å². The first-order valence-electron chi connectivity index (χ1n) is 7.85. The van der Waals surface area contributed by atoms with Crippen molar-refractivity contribution in [1.82, 2.24) is 4.90 Å². The lowest BCUT2D eigenvalue weighted by Crippen LogP contribution is -2.43. The summed E-state index contributed by atoms with van der Waals surface area (Å²) >= 11 is 0. The normalized spacial score (nSPS) is 18.1. The second-order valence-corrected chi connectivity index (χ2v) is 6.21. The molecule has 1 fully saturated rings. The average molecular weight is 306 g/mol. The molecule has 1 aromatic rings. The van der Waals surface area contributed by atoms with Crippen LogP contribution in [0.1, 0.15) is 24.0 Å². The van der Waals surface area contributed by atoms with Gasteiger partial charge in [0.05, 0.1) is 0 Å². The molecule has 2 rings (SSSR count). The molecule has 1 aliphatic rings. The zero-order chi connectivity index (χ0) is 16.1. The number of primary amides is 1. The highest BCUT2D eigenvalue weighted by Gasteiger charge is 2.24. The molecule has 3 N–H and O–H groups in total. The molecule has 1 saturated heterocycles. The molecular weight excluding hydrogens is 280 g/mol. The molecule has 1 aromatic carbocycles. The molecule has 0 radical (unpaired) electrons. The first-order chi connectivity index (χ1) is 10.5. The Bertz CT molecular complexity index is 511. The molecule has 1 aliphatic heterocycles. The van der Waals surface area contributed by atoms with E-state index >= 15 is 0 Å². The number of aryl methyl sites for hydroxylation is 2. The van der Waals surface area contributed by atoms with Crippen molar-refractivity contribution in [3.05, 3.63) is 29.3 Å². The Morgan fingerprint density at radius 1 is 1.41 bits per heavy atom. The molecule has 0 unspecified atom stereocenters. The van der Waals surface area contributed by atoms with Crippen LogP contribution >= 0.6 is 0 Å². The molecule has 0 aromatic heterocycles. The molecule has 0 aliphatic carbocycles. The number of piperidine rings is 1. The monoisotopic (exact) mass is 306 g/mol. The summed E-state index contributed by atoms with van der Waals surface area (Å²) in [5, 5.41) is 10.1. The van der Waals surface area contributed by atoms with Gasteiger partial charge in [-0.25, -0.2) is 0 Å². The quantitative estimate of drug-likeness (QED) is 0.829. The summed E-state index contributed by atoms with van der Waals surface area (Å²) in [4.78, 5) is 13.3. The molecule has 0 saturated carbocycles. The Hall–Kier alpha value is -1.59. The molecule has 1 atom stereocenters. The van der Waals surface area contributed by atoms with Crippen molar-refractivity contribution < 1.29 is 14.6 Å². The number of aliphatic hydroxyl groups is 1. The summed E-state index contributed by atoms with van der Waals surface area (Å²) in [5.41, 5.74) is 7.60. The number of carbonyl (C=O) groups is 1. The van der Waals surface area contributed by atoms with E-state index < -0.39 is 6.10 Å². The van der Waals surface area contributed by atoms with Crippen LogP contribution in [0.4, 0.5) is 0 Å². The lowest BCUT2D eigenvalue weighted by Gasteiger charge is -2.31. The summed E-state index contributed by atoms with van der Waals surface area (Å²) in [7, 11) is 0. The van der Waals surface area contributed by atoms with Crippen LogP contribution in [0.2, 0.25) is 0 Å². The number of aliphatic hydroxyl groups excluding tert-OH is 1. The topological polar surface area (TPSA) is 75.8 Å². The second kappa shape index (κ2) is 7.61. The molecule has 1 heterocycles. The van der Waals surface area contributed by atoms with Crippen LogP contribution < -0.4 is 10.5 Å². The van der Waals surface area contributed by atoms with E-state index in [9.17, 15) is 9.90 Å². The molecular formula is C17H26N2O3. The second-order valence-electron chi connectivity index (χ2n) is 6.21. The number of rotatable bonds is 6. The predicted molar refractivity (Wildman–Crippen MR) is 85.8 cm³/mol. The smallest absolute Gasteiger partial charge is 0.220 e. The maximum Gasteiger partial charge on any atom is 0.220 e. The van der Waals surface area contributed by atoms with Gasteiger partial charge in [0.1, 0.15) is 18.5 Å². The highest BCUT2D eigenvalue weighted by Crippen LogP contribution is 2.20. The molecule has 22 heavy (non-hydrogen) atoms. The molecule has 122 valence electrons.